The summed E-state index contributed by atoms with van der Waals surface area (Å²) in [5, 5.41) is 0. The summed E-state index contributed by atoms with van der Waals surface area (Å²) < 4.78 is 86.9. The predicted molar refractivity (Wildman–Crippen MR) is 273 cm³/mol. The maximum atomic E-state index is 13.9. The van der Waals surface area contributed by atoms with Gasteiger partial charge in [-0.15, -0.1) is 13.2 Å². The molecule has 0 bridgehead atoms. The van der Waals surface area contributed by atoms with Crippen molar-refractivity contribution in [1.82, 2.24) is 28.9 Å². The van der Waals surface area contributed by atoms with Crippen LogP contribution in [0, 0.1) is 5.82 Å². The number of imidazole rings is 2. The Morgan fingerprint density at radius 1 is 0.583 bits per heavy atom. The minimum Gasteiger partial charge on any atom is -0.435 e. The van der Waals surface area contributed by atoms with Crippen molar-refractivity contribution in [1.29, 1.82) is 0 Å². The summed E-state index contributed by atoms with van der Waals surface area (Å²) in [6.07, 6.45) is -3.75. The molecule has 2 aliphatic heterocycles. The molecule has 2 aliphatic rings. The van der Waals surface area contributed by atoms with Gasteiger partial charge in [0.15, 0.2) is 0 Å². The van der Waals surface area contributed by atoms with E-state index in [2.05, 4.69) is 138 Å². The highest BCUT2D eigenvalue weighted by atomic mass is 19.4. The number of hydrogen-bond acceptors (Lipinski definition) is 6. The van der Waals surface area contributed by atoms with E-state index < -0.39 is 24.7 Å². The Labute approximate surface area is 420 Å². The lowest BCUT2D eigenvalue weighted by molar-refractivity contribution is -0.274. The van der Waals surface area contributed by atoms with Crippen LogP contribution in [0.5, 0.6) is 11.5 Å². The molecule has 392 valence electrons. The fourth-order valence-electron chi connectivity index (χ4n) is 8.79. The first-order valence-electron chi connectivity index (χ1n) is 24.5. The lowest BCUT2D eigenvalue weighted by atomic mass is 9.87. The number of halogens is 6. The van der Waals surface area contributed by atoms with Crippen LogP contribution in [0.15, 0.2) is 66.7 Å². The average molecular weight is 1010 g/mol. The maximum Gasteiger partial charge on any atom is 0.573 e. The zero-order valence-corrected chi connectivity index (χ0v) is 44.7. The van der Waals surface area contributed by atoms with Crippen LogP contribution in [0.25, 0.3) is 22.1 Å². The number of fused-ring (bicyclic) bond motifs is 4. The summed E-state index contributed by atoms with van der Waals surface area (Å²) in [5.41, 5.74) is 9.19. The van der Waals surface area contributed by atoms with Crippen molar-refractivity contribution in [2.45, 2.75) is 157 Å². The lowest BCUT2D eigenvalue weighted by Crippen LogP contribution is -2.42. The van der Waals surface area contributed by atoms with Gasteiger partial charge in [-0.3, -0.25) is 9.59 Å². The number of aryl methyl sites for hydroxylation is 2. The number of amides is 2. The molecule has 0 N–H and O–H groups in total. The first kappa shape index (κ1) is 56.8. The van der Waals surface area contributed by atoms with Crippen LogP contribution < -0.4 is 9.47 Å². The van der Waals surface area contributed by atoms with Gasteiger partial charge in [0.2, 0.25) is 0 Å². The van der Waals surface area contributed by atoms with E-state index in [0.29, 0.717) is 54.5 Å². The van der Waals surface area contributed by atoms with Crippen molar-refractivity contribution in [3.63, 3.8) is 0 Å². The van der Waals surface area contributed by atoms with Gasteiger partial charge in [-0.05, 0) is 122 Å². The zero-order valence-electron chi connectivity index (χ0n) is 44.7. The molecule has 0 saturated carbocycles. The lowest BCUT2D eigenvalue weighted by Gasteiger charge is -2.32. The Bertz CT molecular complexity index is 2860. The molecule has 10 nitrogen and oxygen atoms in total. The predicted octanol–water partition coefficient (Wildman–Crippen LogP) is 13.8. The van der Waals surface area contributed by atoms with E-state index in [9.17, 15) is 35.9 Å². The van der Waals surface area contributed by atoms with Gasteiger partial charge in [-0.25, -0.2) is 14.4 Å². The smallest absolute Gasteiger partial charge is 0.435 e. The number of rotatable bonds is 7. The fourth-order valence-corrected chi connectivity index (χ4v) is 8.79. The van der Waals surface area contributed by atoms with Crippen molar-refractivity contribution < 1.29 is 45.4 Å². The number of aromatic nitrogens is 4. The molecule has 16 heteroatoms. The fraction of sp³-hybridized carbons (Fsp3) is 0.500. The van der Waals surface area contributed by atoms with Crippen LogP contribution in [0.3, 0.4) is 0 Å². The molecule has 2 aromatic heterocycles. The molecular weight excluding hydrogens is 935 g/mol. The molecule has 0 atom stereocenters. The van der Waals surface area contributed by atoms with Crippen molar-refractivity contribution in [2.24, 2.45) is 14.1 Å². The molecule has 2 amide bonds. The molecule has 72 heavy (non-hydrogen) atoms. The first-order chi connectivity index (χ1) is 33.3. The van der Waals surface area contributed by atoms with Gasteiger partial charge in [-0.1, -0.05) is 81.4 Å². The second-order valence-corrected chi connectivity index (χ2v) is 21.6. The van der Waals surface area contributed by atoms with Crippen LogP contribution in [-0.2, 0) is 37.8 Å². The molecule has 0 aliphatic carbocycles. The topological polar surface area (TPSA) is 94.7 Å². The van der Waals surface area contributed by atoms with Gasteiger partial charge in [0.05, 0.1) is 27.6 Å². The van der Waals surface area contributed by atoms with Crippen molar-refractivity contribution in [2.75, 3.05) is 13.1 Å². The summed E-state index contributed by atoms with van der Waals surface area (Å²) in [6, 6.07) is 19.3. The Morgan fingerprint density at radius 3 is 1.61 bits per heavy atom. The van der Waals surface area contributed by atoms with Gasteiger partial charge in [-0.2, -0.15) is 8.78 Å². The molecule has 0 radical (unpaired) electrons. The van der Waals surface area contributed by atoms with Crippen LogP contribution in [0.4, 0.5) is 26.3 Å². The summed E-state index contributed by atoms with van der Waals surface area (Å²) in [4.78, 5) is 36.9. The van der Waals surface area contributed by atoms with Crippen LogP contribution in [-0.4, -0.2) is 78.9 Å². The first-order valence-corrected chi connectivity index (χ1v) is 24.5. The number of hydrogen-bond donors (Lipinski definition) is 0. The Balaban J connectivity index is 0.000000179. The highest BCUT2D eigenvalue weighted by Crippen LogP contribution is 2.32. The molecule has 0 fully saturated rings. The third-order valence-corrected chi connectivity index (χ3v) is 12.7. The number of benzene rings is 4. The molecule has 0 spiro atoms. The minimum atomic E-state index is -4.71. The molecule has 6 aromatic rings. The molecule has 8 rings (SSSR count). The van der Waals surface area contributed by atoms with Gasteiger partial charge in [0.1, 0.15) is 29.0 Å². The van der Waals surface area contributed by atoms with Crippen LogP contribution in [0.1, 0.15) is 163 Å². The second kappa shape index (κ2) is 22.4. The molecule has 4 aromatic carbocycles. The molecule has 4 heterocycles. The standard InChI is InChI=1S/2C15H22N2.2C13H14F3NO2/c1-10(2)14-16-12-9-11(15(3,4)5)7-8-13(12)17(14)6;1-10(2)14-16-12-8-7-11(15(3,4)5)9-13(12)17(14)6;1-7(2)17-4-3-8-5-9(19-13(15)16)6-10(14)11(8)12(17)18;1-8(2)17-6-5-9-7-10(19-13(14,15)16)3-4-11(9)12(17)18/h2*7-10H,1-6H3;5-7,13H,3-4H2,1-2H3;3-4,7-8H,5-6H2,1-2H3. The second-order valence-electron chi connectivity index (χ2n) is 21.6. The summed E-state index contributed by atoms with van der Waals surface area (Å²) in [5.74, 6) is 1.35. The molecular formula is C56H72F6N6O4. The largest absolute Gasteiger partial charge is 0.573 e. The van der Waals surface area contributed by atoms with Gasteiger partial charge in [0.25, 0.3) is 11.8 Å². The Hall–Kier alpha value is -6.06. The quantitative estimate of drug-likeness (QED) is 0.148. The normalized spacial score (nSPS) is 14.1. The highest BCUT2D eigenvalue weighted by Gasteiger charge is 2.33. The summed E-state index contributed by atoms with van der Waals surface area (Å²) >= 11 is 0. The number of alkyl halides is 5. The number of ether oxygens (including phenoxy) is 2. The van der Waals surface area contributed by atoms with E-state index in [1.807, 2.05) is 27.7 Å². The maximum absolute atomic E-state index is 13.9. The van der Waals surface area contributed by atoms with Crippen molar-refractivity contribution in [3.05, 3.63) is 118 Å². The van der Waals surface area contributed by atoms with Gasteiger partial charge >= 0.3 is 13.0 Å². The van der Waals surface area contributed by atoms with Gasteiger partial charge < -0.3 is 28.4 Å². The SMILES string of the molecule is CC(C)N1CCc2cc(OC(F)(F)F)ccc2C1=O.CC(C)N1CCc2cc(OC(F)F)cc(F)c2C1=O.CC(C)c1nc2cc(C(C)(C)C)ccc2n1C.CC(C)c1nc2ccc(C(C)(C)C)cc2n1C. The van der Waals surface area contributed by atoms with E-state index in [-0.39, 0.29) is 45.9 Å². The molecule has 0 unspecified atom stereocenters. The van der Waals surface area contributed by atoms with Crippen molar-refractivity contribution >= 4 is 33.9 Å². The minimum absolute atomic E-state index is 0.0305. The molecule has 0 saturated heterocycles. The van der Waals surface area contributed by atoms with Crippen molar-refractivity contribution in [3.8, 4) is 11.5 Å². The third kappa shape index (κ3) is 13.7. The van der Waals surface area contributed by atoms with E-state index in [4.69, 9.17) is 9.97 Å². The van der Waals surface area contributed by atoms with E-state index in [0.717, 1.165) is 28.7 Å². The Morgan fingerprint density at radius 2 is 1.08 bits per heavy atom. The summed E-state index contributed by atoms with van der Waals surface area (Å²) in [6.45, 7) is 27.6. The number of nitrogens with zero attached hydrogens (tertiary/aromatic N) is 6. The van der Waals surface area contributed by atoms with Gasteiger partial charge in [0, 0.05) is 62.7 Å². The third-order valence-electron chi connectivity index (χ3n) is 12.7. The number of carbonyl (C=O) groups excluding carboxylic acids is 2. The average Bonchev–Trinajstić information content (AvgIpc) is 3.78. The van der Waals surface area contributed by atoms with Crippen LogP contribution >= 0.6 is 0 Å². The monoisotopic (exact) mass is 1010 g/mol. The Kier molecular flexibility index (Phi) is 17.7. The van der Waals surface area contributed by atoms with Crippen LogP contribution in [0.2, 0.25) is 0 Å². The van der Waals surface area contributed by atoms with E-state index in [1.54, 1.807) is 9.80 Å². The van der Waals surface area contributed by atoms with E-state index >= 15 is 0 Å². The zero-order chi connectivity index (χ0) is 53.9. The summed E-state index contributed by atoms with van der Waals surface area (Å²) in [7, 11) is 4.21. The number of carbonyl (C=O) groups is 2. The highest BCUT2D eigenvalue weighted by molar-refractivity contribution is 5.98. The van der Waals surface area contributed by atoms with E-state index in [1.165, 1.54) is 46.4 Å².